The Bertz CT molecular complexity index is 474. The lowest BCUT2D eigenvalue weighted by Gasteiger charge is -2.42. The van der Waals surface area contributed by atoms with Gasteiger partial charge in [0.05, 0.1) is 18.7 Å². The molecular weight excluding hydrogens is 286 g/mol. The molecule has 5 nitrogen and oxygen atoms in total. The Kier molecular flexibility index (Phi) is 5.22. The highest BCUT2D eigenvalue weighted by Gasteiger charge is 2.26. The summed E-state index contributed by atoms with van der Waals surface area (Å²) in [5, 5.41) is 2.98. The van der Waals surface area contributed by atoms with E-state index in [1.165, 1.54) is 0 Å². The molecule has 1 saturated heterocycles. The van der Waals surface area contributed by atoms with E-state index in [4.69, 9.17) is 4.74 Å². The first-order valence-corrected chi connectivity index (χ1v) is 8.38. The number of thiazole rings is 1. The number of anilines is 1. The predicted molar refractivity (Wildman–Crippen MR) is 86.0 cm³/mol. The smallest absolute Gasteiger partial charge is 0.311 e. The van der Waals surface area contributed by atoms with Crippen molar-refractivity contribution in [2.24, 2.45) is 0 Å². The number of aromatic nitrogens is 1. The second-order valence-corrected chi connectivity index (χ2v) is 7.08. The van der Waals surface area contributed by atoms with Gasteiger partial charge in [0.1, 0.15) is 0 Å². The average molecular weight is 311 g/mol. The lowest BCUT2D eigenvalue weighted by atomic mass is 10.1. The first-order valence-electron chi connectivity index (χ1n) is 7.50. The van der Waals surface area contributed by atoms with E-state index < -0.39 is 0 Å². The molecule has 0 spiro atoms. The molecule has 0 atom stereocenters. The number of rotatable bonds is 4. The summed E-state index contributed by atoms with van der Waals surface area (Å²) in [5.74, 6) is -0.202. The van der Waals surface area contributed by atoms with Crippen molar-refractivity contribution in [1.82, 2.24) is 9.88 Å². The summed E-state index contributed by atoms with van der Waals surface area (Å²) in [5.41, 5.74) is 1.04. The van der Waals surface area contributed by atoms with Crippen LogP contribution in [0.15, 0.2) is 5.38 Å². The largest absolute Gasteiger partial charge is 0.466 e. The third kappa shape index (κ3) is 4.41. The molecule has 2 heterocycles. The number of nitrogens with zero attached hydrogens (tertiary/aromatic N) is 3. The Morgan fingerprint density at radius 3 is 2.57 bits per heavy atom. The molecule has 118 valence electrons. The van der Waals surface area contributed by atoms with Crippen LogP contribution in [0.1, 0.15) is 33.4 Å². The van der Waals surface area contributed by atoms with E-state index in [0.717, 1.165) is 37.0 Å². The summed E-state index contributed by atoms with van der Waals surface area (Å²) in [6, 6.07) is 0. The maximum atomic E-state index is 11.5. The van der Waals surface area contributed by atoms with Gasteiger partial charge in [0.15, 0.2) is 5.13 Å². The van der Waals surface area contributed by atoms with Crippen LogP contribution >= 0.6 is 11.3 Å². The average Bonchev–Trinajstić information content (AvgIpc) is 2.86. The van der Waals surface area contributed by atoms with Crippen LogP contribution in [0.4, 0.5) is 5.13 Å². The van der Waals surface area contributed by atoms with Gasteiger partial charge < -0.3 is 9.64 Å². The van der Waals surface area contributed by atoms with Crippen LogP contribution in [0.25, 0.3) is 0 Å². The van der Waals surface area contributed by atoms with E-state index in [1.54, 1.807) is 11.3 Å². The molecule has 1 aromatic rings. The maximum Gasteiger partial charge on any atom is 0.311 e. The van der Waals surface area contributed by atoms with Crippen molar-refractivity contribution in [2.45, 2.75) is 39.7 Å². The minimum absolute atomic E-state index is 0.202. The molecular formula is C15H25N3O2S. The van der Waals surface area contributed by atoms with Crippen molar-refractivity contribution in [1.29, 1.82) is 0 Å². The molecule has 21 heavy (non-hydrogen) atoms. The molecule has 1 aliphatic heterocycles. The molecule has 1 fully saturated rings. The highest BCUT2D eigenvalue weighted by atomic mass is 32.1. The van der Waals surface area contributed by atoms with Gasteiger partial charge in [-0.3, -0.25) is 9.69 Å². The predicted octanol–water partition coefficient (Wildman–Crippen LogP) is 2.17. The topological polar surface area (TPSA) is 45.7 Å². The van der Waals surface area contributed by atoms with Crippen molar-refractivity contribution in [2.75, 3.05) is 37.7 Å². The SMILES string of the molecule is CCOC(=O)Cc1csc(N2CCN(C(C)(C)C)CC2)n1. The van der Waals surface area contributed by atoms with Crippen molar-refractivity contribution in [3.63, 3.8) is 0 Å². The van der Waals surface area contributed by atoms with Crippen molar-refractivity contribution >= 4 is 22.4 Å². The molecule has 0 aliphatic carbocycles. The first kappa shape index (κ1) is 16.2. The van der Waals surface area contributed by atoms with Crippen LogP contribution in [0.3, 0.4) is 0 Å². The zero-order valence-electron chi connectivity index (χ0n) is 13.4. The number of piperazine rings is 1. The van der Waals surface area contributed by atoms with E-state index in [0.29, 0.717) is 6.61 Å². The quantitative estimate of drug-likeness (QED) is 0.798. The number of esters is 1. The van der Waals surface area contributed by atoms with Gasteiger partial charge in [0.25, 0.3) is 0 Å². The van der Waals surface area contributed by atoms with Crippen LogP contribution in [0.5, 0.6) is 0 Å². The summed E-state index contributed by atoms with van der Waals surface area (Å²) in [4.78, 5) is 20.8. The molecule has 6 heteroatoms. The van der Waals surface area contributed by atoms with E-state index >= 15 is 0 Å². The summed E-state index contributed by atoms with van der Waals surface area (Å²) >= 11 is 1.61. The van der Waals surface area contributed by atoms with Crippen LogP contribution in [0, 0.1) is 0 Å². The van der Waals surface area contributed by atoms with Gasteiger partial charge >= 0.3 is 5.97 Å². The number of carbonyl (C=O) groups is 1. The van der Waals surface area contributed by atoms with Crippen molar-refractivity contribution < 1.29 is 9.53 Å². The summed E-state index contributed by atoms with van der Waals surface area (Å²) in [7, 11) is 0. The van der Waals surface area contributed by atoms with Crippen LogP contribution in [0.2, 0.25) is 0 Å². The van der Waals surface area contributed by atoms with Crippen LogP contribution < -0.4 is 4.90 Å². The normalized spacial score (nSPS) is 17.0. The Morgan fingerprint density at radius 2 is 2.00 bits per heavy atom. The van der Waals surface area contributed by atoms with E-state index in [2.05, 4.69) is 35.6 Å². The number of hydrogen-bond donors (Lipinski definition) is 0. The fourth-order valence-electron chi connectivity index (χ4n) is 2.45. The molecule has 0 N–H and O–H groups in total. The molecule has 0 radical (unpaired) electrons. The van der Waals surface area contributed by atoms with Crippen LogP contribution in [-0.2, 0) is 16.0 Å². The minimum Gasteiger partial charge on any atom is -0.466 e. The standard InChI is InChI=1S/C15H25N3O2S/c1-5-20-13(19)10-12-11-21-14(16-12)17-6-8-18(9-7-17)15(2,3)4/h11H,5-10H2,1-4H3. The van der Waals surface area contributed by atoms with Gasteiger partial charge in [-0.1, -0.05) is 0 Å². The number of carbonyl (C=O) groups excluding carboxylic acids is 1. The molecule has 0 bridgehead atoms. The van der Waals surface area contributed by atoms with Gasteiger partial charge in [-0.2, -0.15) is 0 Å². The van der Waals surface area contributed by atoms with Crippen LogP contribution in [-0.4, -0.2) is 54.2 Å². The van der Waals surface area contributed by atoms with Gasteiger partial charge in [-0.15, -0.1) is 11.3 Å². The molecule has 0 unspecified atom stereocenters. The van der Waals surface area contributed by atoms with Crippen molar-refractivity contribution in [3.05, 3.63) is 11.1 Å². The van der Waals surface area contributed by atoms with Gasteiger partial charge in [0.2, 0.25) is 0 Å². The Balaban J connectivity index is 1.90. The second-order valence-electron chi connectivity index (χ2n) is 6.25. The fraction of sp³-hybridized carbons (Fsp3) is 0.733. The molecule has 0 aromatic carbocycles. The summed E-state index contributed by atoms with van der Waals surface area (Å²) in [6.07, 6.45) is 0.270. The Morgan fingerprint density at radius 1 is 1.33 bits per heavy atom. The number of hydrogen-bond acceptors (Lipinski definition) is 6. The Hall–Kier alpha value is -1.14. The highest BCUT2D eigenvalue weighted by molar-refractivity contribution is 7.13. The Labute approximate surface area is 130 Å². The highest BCUT2D eigenvalue weighted by Crippen LogP contribution is 2.24. The van der Waals surface area contributed by atoms with E-state index in [9.17, 15) is 4.79 Å². The zero-order valence-corrected chi connectivity index (χ0v) is 14.2. The molecule has 2 rings (SSSR count). The van der Waals surface area contributed by atoms with Gasteiger partial charge in [0, 0.05) is 37.1 Å². The van der Waals surface area contributed by atoms with Crippen molar-refractivity contribution in [3.8, 4) is 0 Å². The molecule has 0 amide bonds. The van der Waals surface area contributed by atoms with Gasteiger partial charge in [-0.05, 0) is 27.7 Å². The molecule has 0 saturated carbocycles. The minimum atomic E-state index is -0.202. The van der Waals surface area contributed by atoms with Gasteiger partial charge in [-0.25, -0.2) is 4.98 Å². The first-order chi connectivity index (χ1) is 9.90. The maximum absolute atomic E-state index is 11.5. The zero-order chi connectivity index (χ0) is 15.5. The lowest BCUT2D eigenvalue weighted by molar-refractivity contribution is -0.142. The van der Waals surface area contributed by atoms with E-state index in [-0.39, 0.29) is 17.9 Å². The summed E-state index contributed by atoms with van der Waals surface area (Å²) < 4.78 is 4.96. The second kappa shape index (κ2) is 6.75. The van der Waals surface area contributed by atoms with E-state index in [1.807, 2.05) is 12.3 Å². The lowest BCUT2D eigenvalue weighted by Crippen LogP contribution is -2.53. The third-order valence-electron chi connectivity index (χ3n) is 3.67. The molecule has 1 aromatic heterocycles. The number of ether oxygens (including phenoxy) is 1. The summed E-state index contributed by atoms with van der Waals surface area (Å²) in [6.45, 7) is 13.1. The monoisotopic (exact) mass is 311 g/mol. The third-order valence-corrected chi connectivity index (χ3v) is 4.62. The fourth-order valence-corrected chi connectivity index (χ4v) is 3.33. The molecule has 1 aliphatic rings.